The van der Waals surface area contributed by atoms with Crippen LogP contribution in [0.5, 0.6) is 0 Å². The Morgan fingerprint density at radius 1 is 1.23 bits per heavy atom. The van der Waals surface area contributed by atoms with Crippen LogP contribution < -0.4 is 4.90 Å². The summed E-state index contributed by atoms with van der Waals surface area (Å²) in [5, 5.41) is 2.04. The Hall–Kier alpha value is -2.02. The SMILES string of the molecule is CCc1c(C)nc(C)nc1N1C[C@@H]2CC[C@H](C1)N(Cc1cscn1)C2=O. The highest BCUT2D eigenvalue weighted by Gasteiger charge is 2.41. The maximum atomic E-state index is 13.0. The summed E-state index contributed by atoms with van der Waals surface area (Å²) in [6.45, 7) is 8.38. The molecule has 2 bridgehead atoms. The lowest BCUT2D eigenvalue weighted by Crippen LogP contribution is -2.47. The van der Waals surface area contributed by atoms with Crippen LogP contribution in [0.25, 0.3) is 0 Å². The Bertz CT molecular complexity index is 807. The van der Waals surface area contributed by atoms with Crippen molar-refractivity contribution in [1.29, 1.82) is 0 Å². The zero-order valence-electron chi connectivity index (χ0n) is 15.6. The average Bonchev–Trinajstić information content (AvgIpc) is 2.97. The molecule has 0 unspecified atom stereocenters. The quantitative estimate of drug-likeness (QED) is 0.827. The van der Waals surface area contributed by atoms with Gasteiger partial charge in [-0.1, -0.05) is 6.92 Å². The van der Waals surface area contributed by atoms with Crippen LogP contribution in [-0.4, -0.2) is 44.9 Å². The smallest absolute Gasteiger partial charge is 0.228 e. The number of amides is 1. The maximum Gasteiger partial charge on any atom is 0.228 e. The fourth-order valence-corrected chi connectivity index (χ4v) is 4.85. The third-order valence-corrected chi connectivity index (χ3v) is 6.20. The number of carbonyl (C=O) groups is 1. The van der Waals surface area contributed by atoms with Crippen molar-refractivity contribution in [1.82, 2.24) is 19.9 Å². The van der Waals surface area contributed by atoms with Crippen LogP contribution in [0.15, 0.2) is 10.9 Å². The Balaban J connectivity index is 1.65. The minimum Gasteiger partial charge on any atom is -0.353 e. The number of aryl methyl sites for hydroxylation is 2. The van der Waals surface area contributed by atoms with Gasteiger partial charge in [0, 0.05) is 35.8 Å². The standard InChI is InChI=1S/C19H25N5OS/c1-4-17-12(2)21-13(3)22-18(17)23-7-14-5-6-16(9-23)24(19(14)25)8-15-10-26-11-20-15/h10-11,14,16H,4-9H2,1-3H3/t14-,16+/m0/s1. The molecule has 0 spiro atoms. The van der Waals surface area contributed by atoms with E-state index < -0.39 is 0 Å². The molecule has 0 aliphatic carbocycles. The molecule has 1 amide bonds. The average molecular weight is 372 g/mol. The van der Waals surface area contributed by atoms with Gasteiger partial charge in [-0.05, 0) is 33.1 Å². The Morgan fingerprint density at radius 2 is 2.08 bits per heavy atom. The van der Waals surface area contributed by atoms with Crippen LogP contribution >= 0.6 is 11.3 Å². The third kappa shape index (κ3) is 3.09. The molecule has 3 fully saturated rings. The fourth-order valence-electron chi connectivity index (χ4n) is 4.30. The van der Waals surface area contributed by atoms with Gasteiger partial charge in [0.15, 0.2) is 0 Å². The van der Waals surface area contributed by atoms with Crippen molar-refractivity contribution in [2.45, 2.75) is 52.6 Å². The van der Waals surface area contributed by atoms with Crippen LogP contribution in [0.3, 0.4) is 0 Å². The number of carbonyl (C=O) groups excluding carboxylic acids is 1. The second-order valence-electron chi connectivity index (χ2n) is 7.29. The summed E-state index contributed by atoms with van der Waals surface area (Å²) in [6, 6.07) is 0.225. The summed E-state index contributed by atoms with van der Waals surface area (Å²) in [5.74, 6) is 2.15. The van der Waals surface area contributed by atoms with E-state index in [1.54, 1.807) is 11.3 Å². The molecule has 5 heterocycles. The van der Waals surface area contributed by atoms with E-state index in [2.05, 4.69) is 33.6 Å². The molecule has 3 aliphatic rings. The summed E-state index contributed by atoms with van der Waals surface area (Å²) >= 11 is 1.58. The lowest BCUT2D eigenvalue weighted by atomic mass is 9.94. The summed E-state index contributed by atoms with van der Waals surface area (Å²) < 4.78 is 0. The fraction of sp³-hybridized carbons (Fsp3) is 0.579. The molecule has 7 heteroatoms. The number of hydrogen-bond donors (Lipinski definition) is 0. The Morgan fingerprint density at radius 3 is 2.81 bits per heavy atom. The van der Waals surface area contributed by atoms with Crippen molar-refractivity contribution in [2.24, 2.45) is 5.92 Å². The van der Waals surface area contributed by atoms with Gasteiger partial charge in [0.1, 0.15) is 11.6 Å². The molecule has 5 rings (SSSR count). The van der Waals surface area contributed by atoms with E-state index in [4.69, 9.17) is 4.98 Å². The molecule has 2 aromatic rings. The number of nitrogens with zero attached hydrogens (tertiary/aromatic N) is 5. The largest absolute Gasteiger partial charge is 0.353 e. The lowest BCUT2D eigenvalue weighted by molar-refractivity contribution is -0.140. The van der Waals surface area contributed by atoms with Gasteiger partial charge in [0.05, 0.1) is 23.7 Å². The van der Waals surface area contributed by atoms with Gasteiger partial charge in [-0.3, -0.25) is 4.79 Å². The van der Waals surface area contributed by atoms with Crippen molar-refractivity contribution in [3.63, 3.8) is 0 Å². The van der Waals surface area contributed by atoms with Gasteiger partial charge in [0.25, 0.3) is 0 Å². The zero-order valence-corrected chi connectivity index (χ0v) is 16.4. The number of fused-ring (bicyclic) bond motifs is 4. The predicted octanol–water partition coefficient (Wildman–Crippen LogP) is 2.74. The van der Waals surface area contributed by atoms with Crippen LogP contribution in [0.2, 0.25) is 0 Å². The maximum absolute atomic E-state index is 13.0. The van der Waals surface area contributed by atoms with Gasteiger partial charge in [-0.2, -0.15) is 0 Å². The second-order valence-corrected chi connectivity index (χ2v) is 8.01. The van der Waals surface area contributed by atoms with E-state index in [-0.39, 0.29) is 17.9 Å². The molecule has 0 radical (unpaired) electrons. The molecule has 6 nitrogen and oxygen atoms in total. The van der Waals surface area contributed by atoms with Crippen molar-refractivity contribution in [3.8, 4) is 0 Å². The number of rotatable bonds is 4. The highest BCUT2D eigenvalue weighted by atomic mass is 32.1. The predicted molar refractivity (Wildman–Crippen MR) is 102 cm³/mol. The highest BCUT2D eigenvalue weighted by molar-refractivity contribution is 7.07. The minimum absolute atomic E-state index is 0.0488. The van der Waals surface area contributed by atoms with E-state index >= 15 is 0 Å². The first-order chi connectivity index (χ1) is 12.6. The molecule has 3 aliphatic heterocycles. The summed E-state index contributed by atoms with van der Waals surface area (Å²) in [5.41, 5.74) is 5.08. The van der Waals surface area contributed by atoms with Crippen molar-refractivity contribution < 1.29 is 4.79 Å². The lowest BCUT2D eigenvalue weighted by Gasteiger charge is -2.35. The van der Waals surface area contributed by atoms with Crippen LogP contribution in [0.1, 0.15) is 42.5 Å². The molecular formula is C19H25N5OS. The first kappa shape index (κ1) is 17.4. The second kappa shape index (κ2) is 6.95. The summed E-state index contributed by atoms with van der Waals surface area (Å²) in [6.07, 6.45) is 2.93. The molecule has 3 saturated heterocycles. The first-order valence-corrected chi connectivity index (χ1v) is 10.3. The monoisotopic (exact) mass is 371 g/mol. The van der Waals surface area contributed by atoms with Gasteiger partial charge in [0.2, 0.25) is 5.91 Å². The van der Waals surface area contributed by atoms with Crippen LogP contribution in [0.4, 0.5) is 5.82 Å². The van der Waals surface area contributed by atoms with E-state index in [0.29, 0.717) is 6.54 Å². The number of piperidine rings is 1. The molecule has 26 heavy (non-hydrogen) atoms. The number of thiazole rings is 1. The van der Waals surface area contributed by atoms with Gasteiger partial charge < -0.3 is 9.80 Å². The molecule has 0 aromatic carbocycles. The molecule has 0 N–H and O–H groups in total. The third-order valence-electron chi connectivity index (χ3n) is 5.57. The van der Waals surface area contributed by atoms with E-state index in [0.717, 1.165) is 55.4 Å². The van der Waals surface area contributed by atoms with Crippen molar-refractivity contribution in [2.75, 3.05) is 18.0 Å². The molecule has 2 aromatic heterocycles. The molecule has 138 valence electrons. The van der Waals surface area contributed by atoms with Crippen molar-refractivity contribution >= 4 is 23.1 Å². The number of aromatic nitrogens is 3. The van der Waals surface area contributed by atoms with Crippen LogP contribution in [0, 0.1) is 19.8 Å². The molecule has 2 atom stereocenters. The van der Waals surface area contributed by atoms with Crippen molar-refractivity contribution in [3.05, 3.63) is 33.7 Å². The summed E-state index contributed by atoms with van der Waals surface area (Å²) in [4.78, 5) is 31.1. The minimum atomic E-state index is 0.0488. The number of hydrogen-bond acceptors (Lipinski definition) is 6. The van der Waals surface area contributed by atoms with Gasteiger partial charge in [-0.25, -0.2) is 15.0 Å². The molecular weight excluding hydrogens is 346 g/mol. The van der Waals surface area contributed by atoms with Gasteiger partial charge in [-0.15, -0.1) is 11.3 Å². The Kier molecular flexibility index (Phi) is 4.65. The normalized spacial score (nSPS) is 22.8. The van der Waals surface area contributed by atoms with E-state index in [1.165, 1.54) is 5.56 Å². The molecule has 0 saturated carbocycles. The zero-order chi connectivity index (χ0) is 18.3. The van der Waals surface area contributed by atoms with Gasteiger partial charge >= 0.3 is 0 Å². The highest BCUT2D eigenvalue weighted by Crippen LogP contribution is 2.33. The van der Waals surface area contributed by atoms with Crippen LogP contribution in [-0.2, 0) is 17.8 Å². The topological polar surface area (TPSA) is 62.2 Å². The van der Waals surface area contributed by atoms with E-state index in [1.807, 2.05) is 17.8 Å². The Labute approximate surface area is 158 Å². The number of anilines is 1. The summed E-state index contributed by atoms with van der Waals surface area (Å²) in [7, 11) is 0. The first-order valence-electron chi connectivity index (χ1n) is 9.33. The van der Waals surface area contributed by atoms with E-state index in [9.17, 15) is 4.79 Å².